The number of benzene rings is 2. The van der Waals surface area contributed by atoms with Crippen LogP contribution in [0.3, 0.4) is 0 Å². The largest absolute Gasteiger partial charge is 0.494 e. The van der Waals surface area contributed by atoms with E-state index in [1.165, 1.54) is 0 Å². The number of hydrogen-bond acceptors (Lipinski definition) is 8. The van der Waals surface area contributed by atoms with Gasteiger partial charge in [-0.2, -0.15) is 4.98 Å². The van der Waals surface area contributed by atoms with Crippen LogP contribution in [0.15, 0.2) is 63.5 Å². The monoisotopic (exact) mass is 442 g/mol. The van der Waals surface area contributed by atoms with E-state index in [-0.39, 0.29) is 0 Å². The third kappa shape index (κ3) is 4.12. The fourth-order valence-corrected chi connectivity index (χ4v) is 3.46. The minimum atomic E-state index is 0.303. The Bertz CT molecular complexity index is 1390. The Balaban J connectivity index is 1.39. The summed E-state index contributed by atoms with van der Waals surface area (Å²) < 4.78 is 18.6. The van der Waals surface area contributed by atoms with Crippen molar-refractivity contribution in [2.45, 2.75) is 27.3 Å². The molecule has 0 saturated carbocycles. The second kappa shape index (κ2) is 8.70. The zero-order valence-electron chi connectivity index (χ0n) is 18.5. The average molecular weight is 442 g/mol. The predicted molar refractivity (Wildman–Crippen MR) is 120 cm³/mol. The van der Waals surface area contributed by atoms with Crippen LogP contribution < -0.4 is 4.74 Å². The second-order valence-electron chi connectivity index (χ2n) is 7.45. The van der Waals surface area contributed by atoms with E-state index < -0.39 is 0 Å². The molecule has 0 N–H and O–H groups in total. The van der Waals surface area contributed by atoms with E-state index in [0.29, 0.717) is 36.5 Å². The third-order valence-corrected chi connectivity index (χ3v) is 5.23. The van der Waals surface area contributed by atoms with Crippen molar-refractivity contribution < 1.29 is 13.7 Å². The predicted octanol–water partition coefficient (Wildman–Crippen LogP) is 4.71. The van der Waals surface area contributed by atoms with Gasteiger partial charge >= 0.3 is 0 Å². The minimum absolute atomic E-state index is 0.303. The summed E-state index contributed by atoms with van der Waals surface area (Å²) in [6.45, 7) is 6.73. The van der Waals surface area contributed by atoms with Gasteiger partial charge < -0.3 is 13.7 Å². The first-order chi connectivity index (χ1) is 16.1. The molecule has 0 aliphatic heterocycles. The highest BCUT2D eigenvalue weighted by Gasteiger charge is 2.20. The molecule has 0 radical (unpaired) electrons. The summed E-state index contributed by atoms with van der Waals surface area (Å²) in [6.07, 6.45) is 0. The Morgan fingerprint density at radius 1 is 0.939 bits per heavy atom. The Hall–Kier alpha value is -4.27. The molecular formula is C24H22N6O3. The lowest BCUT2D eigenvalue weighted by Gasteiger charge is -2.02. The maximum absolute atomic E-state index is 5.86. The van der Waals surface area contributed by atoms with Crippen molar-refractivity contribution in [3.8, 4) is 40.2 Å². The van der Waals surface area contributed by atoms with Crippen molar-refractivity contribution in [1.29, 1.82) is 0 Å². The molecule has 0 unspecified atom stereocenters. The van der Waals surface area contributed by atoms with Crippen LogP contribution in [0, 0.1) is 13.8 Å². The topological polar surface area (TPSA) is 105 Å². The molecule has 33 heavy (non-hydrogen) atoms. The first kappa shape index (κ1) is 20.6. The fourth-order valence-electron chi connectivity index (χ4n) is 3.46. The van der Waals surface area contributed by atoms with Gasteiger partial charge in [0.15, 0.2) is 5.69 Å². The molecule has 3 aromatic heterocycles. The zero-order chi connectivity index (χ0) is 22.8. The number of nitrogens with zero attached hydrogens (tertiary/aromatic N) is 6. The first-order valence-electron chi connectivity index (χ1n) is 10.6. The summed E-state index contributed by atoms with van der Waals surface area (Å²) in [6, 6.07) is 17.3. The van der Waals surface area contributed by atoms with Gasteiger partial charge in [0.1, 0.15) is 17.2 Å². The van der Waals surface area contributed by atoms with Crippen LogP contribution in [0.4, 0.5) is 0 Å². The van der Waals surface area contributed by atoms with E-state index in [4.69, 9.17) is 13.7 Å². The van der Waals surface area contributed by atoms with Crippen LogP contribution in [0.5, 0.6) is 5.75 Å². The molecule has 0 atom stereocenters. The molecule has 5 rings (SSSR count). The van der Waals surface area contributed by atoms with Crippen LogP contribution in [-0.4, -0.2) is 36.7 Å². The number of ether oxygens (including phenoxy) is 1. The molecule has 9 heteroatoms. The summed E-state index contributed by atoms with van der Waals surface area (Å²) in [4.78, 5) is 9.16. The fraction of sp³-hybridized carbons (Fsp3) is 0.208. The van der Waals surface area contributed by atoms with Gasteiger partial charge in [-0.1, -0.05) is 40.7 Å². The van der Waals surface area contributed by atoms with Crippen molar-refractivity contribution in [2.75, 3.05) is 6.61 Å². The van der Waals surface area contributed by atoms with Gasteiger partial charge in [0.2, 0.25) is 11.7 Å². The quantitative estimate of drug-likeness (QED) is 0.357. The Morgan fingerprint density at radius 3 is 2.58 bits per heavy atom. The molecule has 0 amide bonds. The van der Waals surface area contributed by atoms with E-state index in [0.717, 1.165) is 34.0 Å². The molecule has 0 bridgehead atoms. The maximum Gasteiger partial charge on any atom is 0.280 e. The second-order valence-corrected chi connectivity index (χ2v) is 7.45. The molecule has 2 aromatic carbocycles. The van der Waals surface area contributed by atoms with Crippen molar-refractivity contribution in [2.24, 2.45) is 0 Å². The lowest BCUT2D eigenvalue weighted by atomic mass is 10.2. The highest BCUT2D eigenvalue weighted by Crippen LogP contribution is 2.26. The zero-order valence-corrected chi connectivity index (χ0v) is 18.5. The van der Waals surface area contributed by atoms with Crippen molar-refractivity contribution in [3.05, 3.63) is 71.7 Å². The molecule has 0 aliphatic carbocycles. The summed E-state index contributed by atoms with van der Waals surface area (Å²) in [7, 11) is 0. The van der Waals surface area contributed by atoms with Gasteiger partial charge in [-0.15, -0.1) is 5.10 Å². The van der Waals surface area contributed by atoms with Crippen molar-refractivity contribution >= 4 is 0 Å². The molecule has 166 valence electrons. The molecule has 0 fully saturated rings. The maximum atomic E-state index is 5.86. The summed E-state index contributed by atoms with van der Waals surface area (Å²) >= 11 is 0. The summed E-state index contributed by atoms with van der Waals surface area (Å²) in [5.41, 5.74) is 3.82. The number of aromatic nitrogens is 6. The lowest BCUT2D eigenvalue weighted by Crippen LogP contribution is -2.05. The van der Waals surface area contributed by atoms with Crippen LogP contribution in [0.2, 0.25) is 0 Å². The molecule has 5 aromatic rings. The van der Waals surface area contributed by atoms with Gasteiger partial charge in [-0.3, -0.25) is 0 Å². The molecule has 9 nitrogen and oxygen atoms in total. The van der Waals surface area contributed by atoms with Crippen molar-refractivity contribution in [3.63, 3.8) is 0 Å². The van der Waals surface area contributed by atoms with Crippen LogP contribution in [-0.2, 0) is 6.54 Å². The highest BCUT2D eigenvalue weighted by atomic mass is 16.5. The van der Waals surface area contributed by atoms with E-state index in [9.17, 15) is 0 Å². The van der Waals surface area contributed by atoms with E-state index in [2.05, 4.69) is 25.4 Å². The van der Waals surface area contributed by atoms with E-state index in [1.807, 2.05) is 75.4 Å². The Kier molecular flexibility index (Phi) is 5.43. The lowest BCUT2D eigenvalue weighted by molar-refractivity contribution is 0.340. The Labute approximate surface area is 190 Å². The normalized spacial score (nSPS) is 11.1. The number of aryl methyl sites for hydroxylation is 1. The summed E-state index contributed by atoms with van der Waals surface area (Å²) in [5, 5.41) is 12.6. The Morgan fingerprint density at radius 2 is 1.76 bits per heavy atom. The molecular weight excluding hydrogens is 420 g/mol. The van der Waals surface area contributed by atoms with Gasteiger partial charge in [-0.25, -0.2) is 9.67 Å². The van der Waals surface area contributed by atoms with Gasteiger partial charge in [0.05, 0.1) is 18.8 Å². The molecule has 0 saturated heterocycles. The van der Waals surface area contributed by atoms with E-state index >= 15 is 0 Å². The minimum Gasteiger partial charge on any atom is -0.494 e. The SMILES string of the molecule is CCOc1cccc(-c2noc(-c3nnn(Cc4nc(-c5ccccc5)oc4C)c3C)n2)c1. The highest BCUT2D eigenvalue weighted by molar-refractivity contribution is 5.60. The molecule has 3 heterocycles. The standard InChI is InChI=1S/C24H22N6O3/c1-4-31-19-12-8-11-18(13-19)22-26-24(33-28-22)21-15(2)30(29-27-21)14-20-16(3)32-23(25-20)17-9-6-5-7-10-17/h5-13H,4,14H2,1-3H3. The van der Waals surface area contributed by atoms with Gasteiger partial charge in [0.25, 0.3) is 5.89 Å². The van der Waals surface area contributed by atoms with Crippen LogP contribution >= 0.6 is 0 Å². The third-order valence-electron chi connectivity index (χ3n) is 5.23. The number of hydrogen-bond donors (Lipinski definition) is 0. The average Bonchev–Trinajstić information content (AvgIpc) is 3.55. The number of oxazole rings is 1. The van der Waals surface area contributed by atoms with Crippen LogP contribution in [0.25, 0.3) is 34.4 Å². The van der Waals surface area contributed by atoms with Crippen LogP contribution in [0.1, 0.15) is 24.1 Å². The van der Waals surface area contributed by atoms with Gasteiger partial charge in [-0.05, 0) is 45.0 Å². The smallest absolute Gasteiger partial charge is 0.280 e. The molecule has 0 spiro atoms. The first-order valence-corrected chi connectivity index (χ1v) is 10.6. The summed E-state index contributed by atoms with van der Waals surface area (Å²) in [5.74, 6) is 2.83. The van der Waals surface area contributed by atoms with Crippen molar-refractivity contribution in [1.82, 2.24) is 30.1 Å². The molecule has 0 aliphatic rings. The van der Waals surface area contributed by atoms with E-state index in [1.54, 1.807) is 4.68 Å². The van der Waals surface area contributed by atoms with Gasteiger partial charge in [0, 0.05) is 11.1 Å². The number of rotatable bonds is 7.